The molecule has 1 aliphatic rings. The second kappa shape index (κ2) is 8.10. The quantitative estimate of drug-likeness (QED) is 0.644. The number of hydrogen-bond donors (Lipinski definition) is 1. The van der Waals surface area contributed by atoms with E-state index < -0.39 is 0 Å². The van der Waals surface area contributed by atoms with E-state index in [1.54, 1.807) is 12.4 Å². The van der Waals surface area contributed by atoms with Gasteiger partial charge in [0.15, 0.2) is 5.96 Å². The van der Waals surface area contributed by atoms with Crippen LogP contribution in [0.15, 0.2) is 52.2 Å². The summed E-state index contributed by atoms with van der Waals surface area (Å²) in [6.07, 6.45) is 3.57. The Bertz CT molecular complexity index is 665. The lowest BCUT2D eigenvalue weighted by Crippen LogP contribution is -2.52. The molecule has 0 saturated carbocycles. The Labute approximate surface area is 150 Å². The summed E-state index contributed by atoms with van der Waals surface area (Å²) >= 11 is 3.46. The van der Waals surface area contributed by atoms with Crippen molar-refractivity contribution >= 4 is 27.8 Å². The van der Waals surface area contributed by atoms with E-state index in [1.807, 2.05) is 13.1 Å². The van der Waals surface area contributed by atoms with Crippen LogP contribution in [0, 0.1) is 0 Å². The Kier molecular flexibility index (Phi) is 5.63. The molecule has 2 aromatic rings. The van der Waals surface area contributed by atoms with Crippen molar-refractivity contribution in [2.75, 3.05) is 38.1 Å². The molecule has 0 unspecified atom stereocenters. The van der Waals surface area contributed by atoms with Crippen LogP contribution in [0.2, 0.25) is 0 Å². The van der Waals surface area contributed by atoms with Crippen molar-refractivity contribution in [1.29, 1.82) is 0 Å². The maximum absolute atomic E-state index is 4.41. The Morgan fingerprint density at radius 3 is 2.42 bits per heavy atom. The van der Waals surface area contributed by atoms with Gasteiger partial charge in [-0.2, -0.15) is 0 Å². The van der Waals surface area contributed by atoms with Gasteiger partial charge in [0.05, 0.1) is 0 Å². The van der Waals surface area contributed by atoms with Gasteiger partial charge in [0, 0.05) is 56.6 Å². The zero-order valence-electron chi connectivity index (χ0n) is 13.7. The van der Waals surface area contributed by atoms with Gasteiger partial charge >= 0.3 is 0 Å². The fourth-order valence-corrected chi connectivity index (χ4v) is 2.95. The molecule has 1 aromatic carbocycles. The van der Waals surface area contributed by atoms with Gasteiger partial charge in [0.25, 0.3) is 0 Å². The highest BCUT2D eigenvalue weighted by molar-refractivity contribution is 9.10. The topological polar surface area (TPSA) is 56.7 Å². The van der Waals surface area contributed by atoms with E-state index in [0.29, 0.717) is 0 Å². The third-order valence-corrected chi connectivity index (χ3v) is 4.52. The lowest BCUT2D eigenvalue weighted by molar-refractivity contribution is 0.370. The summed E-state index contributed by atoms with van der Waals surface area (Å²) in [7, 11) is 1.83. The maximum Gasteiger partial charge on any atom is 0.225 e. The number of nitrogens with one attached hydrogen (secondary N) is 1. The van der Waals surface area contributed by atoms with Crippen LogP contribution in [-0.2, 0) is 6.54 Å². The predicted octanol–water partition coefficient (Wildman–Crippen LogP) is 2.14. The summed E-state index contributed by atoms with van der Waals surface area (Å²) in [4.78, 5) is 17.5. The summed E-state index contributed by atoms with van der Waals surface area (Å²) in [6.45, 7) is 4.35. The number of benzene rings is 1. The Morgan fingerprint density at radius 2 is 1.79 bits per heavy atom. The number of aliphatic imine (C=N–C) groups is 1. The van der Waals surface area contributed by atoms with E-state index in [1.165, 1.54) is 5.56 Å². The highest BCUT2D eigenvalue weighted by atomic mass is 79.9. The van der Waals surface area contributed by atoms with Crippen molar-refractivity contribution in [3.05, 3.63) is 52.8 Å². The molecular formula is C17H21BrN6. The highest BCUT2D eigenvalue weighted by Gasteiger charge is 2.20. The molecule has 3 rings (SSSR count). The molecule has 126 valence electrons. The molecule has 1 fully saturated rings. The summed E-state index contributed by atoms with van der Waals surface area (Å²) in [5.41, 5.74) is 1.23. The number of halogens is 1. The molecule has 2 heterocycles. The monoisotopic (exact) mass is 388 g/mol. The number of aromatic nitrogens is 2. The van der Waals surface area contributed by atoms with Crippen LogP contribution in [0.3, 0.4) is 0 Å². The van der Waals surface area contributed by atoms with Crippen molar-refractivity contribution in [2.45, 2.75) is 6.54 Å². The van der Waals surface area contributed by atoms with Gasteiger partial charge in [-0.1, -0.05) is 28.1 Å². The second-order valence-electron chi connectivity index (χ2n) is 5.55. The summed E-state index contributed by atoms with van der Waals surface area (Å²) in [5.74, 6) is 1.74. The van der Waals surface area contributed by atoms with Crippen LogP contribution in [0.4, 0.5) is 5.95 Å². The Balaban J connectivity index is 1.53. The summed E-state index contributed by atoms with van der Waals surface area (Å²) in [6, 6.07) is 10.2. The van der Waals surface area contributed by atoms with Gasteiger partial charge in [0.2, 0.25) is 5.95 Å². The van der Waals surface area contributed by atoms with E-state index in [4.69, 9.17) is 0 Å². The number of guanidine groups is 1. The molecule has 24 heavy (non-hydrogen) atoms. The highest BCUT2D eigenvalue weighted by Crippen LogP contribution is 2.12. The van der Waals surface area contributed by atoms with Gasteiger partial charge in [-0.05, 0) is 23.8 Å². The first-order valence-electron chi connectivity index (χ1n) is 7.98. The van der Waals surface area contributed by atoms with Crippen molar-refractivity contribution in [2.24, 2.45) is 4.99 Å². The van der Waals surface area contributed by atoms with Gasteiger partial charge in [0.1, 0.15) is 0 Å². The minimum absolute atomic E-state index is 0.766. The summed E-state index contributed by atoms with van der Waals surface area (Å²) in [5, 5.41) is 3.44. The first-order chi connectivity index (χ1) is 11.8. The first kappa shape index (κ1) is 16.7. The summed E-state index contributed by atoms with van der Waals surface area (Å²) < 4.78 is 1.09. The molecule has 1 aliphatic heterocycles. The molecule has 1 aromatic heterocycles. The average molecular weight is 389 g/mol. The Morgan fingerprint density at radius 1 is 1.12 bits per heavy atom. The minimum Gasteiger partial charge on any atom is -0.352 e. The standard InChI is InChI=1S/C17H21BrN6/c1-19-16(22-13-14-3-5-15(18)6-4-14)23-9-11-24(12-10-23)17-20-7-2-8-21-17/h2-8H,9-13H2,1H3,(H,19,22). The maximum atomic E-state index is 4.41. The molecule has 7 heteroatoms. The third kappa shape index (κ3) is 4.23. The van der Waals surface area contributed by atoms with E-state index in [-0.39, 0.29) is 0 Å². The van der Waals surface area contributed by atoms with E-state index in [2.05, 4.69) is 70.3 Å². The van der Waals surface area contributed by atoms with E-state index in [0.717, 1.165) is 49.1 Å². The fourth-order valence-electron chi connectivity index (χ4n) is 2.69. The molecular weight excluding hydrogens is 368 g/mol. The van der Waals surface area contributed by atoms with Crippen molar-refractivity contribution in [3.8, 4) is 0 Å². The SMILES string of the molecule is CN=C(NCc1ccc(Br)cc1)N1CCN(c2ncccn2)CC1. The molecule has 0 bridgehead atoms. The van der Waals surface area contributed by atoms with Crippen molar-refractivity contribution in [1.82, 2.24) is 20.2 Å². The van der Waals surface area contributed by atoms with Gasteiger partial charge in [-0.15, -0.1) is 0 Å². The molecule has 1 N–H and O–H groups in total. The van der Waals surface area contributed by atoms with Gasteiger partial charge in [-0.25, -0.2) is 9.97 Å². The smallest absolute Gasteiger partial charge is 0.225 e. The van der Waals surface area contributed by atoms with E-state index >= 15 is 0 Å². The van der Waals surface area contributed by atoms with Crippen molar-refractivity contribution < 1.29 is 0 Å². The average Bonchev–Trinajstić information content (AvgIpc) is 2.65. The van der Waals surface area contributed by atoms with Gasteiger partial charge in [-0.3, -0.25) is 4.99 Å². The third-order valence-electron chi connectivity index (χ3n) is 3.99. The largest absolute Gasteiger partial charge is 0.352 e. The first-order valence-corrected chi connectivity index (χ1v) is 8.77. The molecule has 0 amide bonds. The predicted molar refractivity (Wildman–Crippen MR) is 100 cm³/mol. The Hall–Kier alpha value is -2.15. The van der Waals surface area contributed by atoms with Crippen LogP contribution in [-0.4, -0.2) is 54.1 Å². The number of piperazine rings is 1. The van der Waals surface area contributed by atoms with Crippen LogP contribution in [0.25, 0.3) is 0 Å². The van der Waals surface area contributed by atoms with Crippen LogP contribution < -0.4 is 10.2 Å². The molecule has 0 atom stereocenters. The lowest BCUT2D eigenvalue weighted by Gasteiger charge is -2.36. The van der Waals surface area contributed by atoms with Crippen LogP contribution >= 0.6 is 15.9 Å². The van der Waals surface area contributed by atoms with Crippen molar-refractivity contribution in [3.63, 3.8) is 0 Å². The zero-order chi connectivity index (χ0) is 16.8. The number of anilines is 1. The molecule has 0 radical (unpaired) electrons. The molecule has 1 saturated heterocycles. The lowest BCUT2D eigenvalue weighted by atomic mass is 10.2. The molecule has 6 nitrogen and oxygen atoms in total. The second-order valence-corrected chi connectivity index (χ2v) is 6.47. The van der Waals surface area contributed by atoms with E-state index in [9.17, 15) is 0 Å². The minimum atomic E-state index is 0.766. The molecule has 0 aliphatic carbocycles. The normalized spacial score (nSPS) is 15.5. The van der Waals surface area contributed by atoms with Crippen LogP contribution in [0.1, 0.15) is 5.56 Å². The number of hydrogen-bond acceptors (Lipinski definition) is 4. The fraction of sp³-hybridized carbons (Fsp3) is 0.353. The number of rotatable bonds is 3. The van der Waals surface area contributed by atoms with Crippen LogP contribution in [0.5, 0.6) is 0 Å². The number of nitrogens with zero attached hydrogens (tertiary/aromatic N) is 5. The van der Waals surface area contributed by atoms with Gasteiger partial charge < -0.3 is 15.1 Å². The molecule has 0 spiro atoms. The zero-order valence-corrected chi connectivity index (χ0v) is 15.3.